The molecule has 0 spiro atoms. The van der Waals surface area contributed by atoms with Crippen molar-refractivity contribution in [1.82, 2.24) is 24.4 Å². The van der Waals surface area contributed by atoms with E-state index in [9.17, 15) is 0 Å². The van der Waals surface area contributed by atoms with Crippen LogP contribution in [0.15, 0.2) is 54.7 Å². The fourth-order valence-electron chi connectivity index (χ4n) is 4.23. The first-order chi connectivity index (χ1) is 14.6. The highest BCUT2D eigenvalue weighted by Crippen LogP contribution is 2.25. The molecule has 152 valence electrons. The SMILES string of the molecule is CC(C)n1c(CN2CCc3nc(-c4ccc(Cl)cc4)ncc3C2)nc2ccccc21. The Kier molecular flexibility index (Phi) is 5.01. The number of benzene rings is 2. The number of hydrogen-bond donors (Lipinski definition) is 0. The molecule has 5 nitrogen and oxygen atoms in total. The molecule has 6 heteroatoms. The van der Waals surface area contributed by atoms with Gasteiger partial charge in [0.1, 0.15) is 5.82 Å². The predicted octanol–water partition coefficient (Wildman–Crippen LogP) is 5.29. The van der Waals surface area contributed by atoms with Crippen molar-refractivity contribution >= 4 is 22.6 Å². The molecule has 0 radical (unpaired) electrons. The molecule has 5 rings (SSSR count). The molecule has 2 aromatic heterocycles. The summed E-state index contributed by atoms with van der Waals surface area (Å²) >= 11 is 6.00. The second kappa shape index (κ2) is 7.82. The summed E-state index contributed by atoms with van der Waals surface area (Å²) in [4.78, 5) is 16.8. The first-order valence-corrected chi connectivity index (χ1v) is 10.8. The van der Waals surface area contributed by atoms with E-state index in [0.717, 1.165) is 59.5 Å². The van der Waals surface area contributed by atoms with Crippen LogP contribution in [0.2, 0.25) is 5.02 Å². The van der Waals surface area contributed by atoms with Crippen LogP contribution in [0.25, 0.3) is 22.4 Å². The number of aromatic nitrogens is 4. The maximum absolute atomic E-state index is 6.00. The van der Waals surface area contributed by atoms with Crippen molar-refractivity contribution in [1.29, 1.82) is 0 Å². The fourth-order valence-corrected chi connectivity index (χ4v) is 4.36. The smallest absolute Gasteiger partial charge is 0.159 e. The topological polar surface area (TPSA) is 46.8 Å². The van der Waals surface area contributed by atoms with E-state index in [4.69, 9.17) is 21.6 Å². The van der Waals surface area contributed by atoms with Crippen molar-refractivity contribution in [3.63, 3.8) is 0 Å². The van der Waals surface area contributed by atoms with Crippen LogP contribution in [-0.4, -0.2) is 31.0 Å². The van der Waals surface area contributed by atoms with Gasteiger partial charge in [-0.15, -0.1) is 0 Å². The zero-order valence-electron chi connectivity index (χ0n) is 17.2. The molecular weight excluding hydrogens is 394 g/mol. The molecule has 1 aliphatic heterocycles. The van der Waals surface area contributed by atoms with Gasteiger partial charge in [-0.2, -0.15) is 0 Å². The van der Waals surface area contributed by atoms with Gasteiger partial charge in [0.25, 0.3) is 0 Å². The Morgan fingerprint density at radius 1 is 1.03 bits per heavy atom. The summed E-state index contributed by atoms with van der Waals surface area (Å²) in [5.74, 6) is 1.88. The van der Waals surface area contributed by atoms with E-state index >= 15 is 0 Å². The van der Waals surface area contributed by atoms with Crippen LogP contribution in [0.5, 0.6) is 0 Å². The Hall–Kier alpha value is -2.76. The van der Waals surface area contributed by atoms with E-state index in [1.807, 2.05) is 30.5 Å². The Morgan fingerprint density at radius 3 is 2.63 bits per heavy atom. The Bertz CT molecular complexity index is 1200. The summed E-state index contributed by atoms with van der Waals surface area (Å²) in [6.07, 6.45) is 2.89. The summed E-state index contributed by atoms with van der Waals surface area (Å²) in [6, 6.07) is 16.4. The Balaban J connectivity index is 1.38. The molecule has 4 aromatic rings. The summed E-state index contributed by atoms with van der Waals surface area (Å²) in [6.45, 7) is 7.07. The molecule has 0 atom stereocenters. The zero-order chi connectivity index (χ0) is 20.7. The van der Waals surface area contributed by atoms with Gasteiger partial charge >= 0.3 is 0 Å². The van der Waals surface area contributed by atoms with Crippen LogP contribution in [0.1, 0.15) is 37.0 Å². The number of rotatable bonds is 4. The van der Waals surface area contributed by atoms with Gasteiger partial charge < -0.3 is 4.57 Å². The van der Waals surface area contributed by atoms with Crippen LogP contribution >= 0.6 is 11.6 Å². The van der Waals surface area contributed by atoms with E-state index in [-0.39, 0.29) is 0 Å². The minimum atomic E-state index is 0.370. The van der Waals surface area contributed by atoms with Gasteiger partial charge in [0.2, 0.25) is 0 Å². The van der Waals surface area contributed by atoms with Gasteiger partial charge in [0, 0.05) is 47.9 Å². The highest BCUT2D eigenvalue weighted by Gasteiger charge is 2.22. The minimum absolute atomic E-state index is 0.370. The van der Waals surface area contributed by atoms with Crippen molar-refractivity contribution in [2.24, 2.45) is 0 Å². The maximum Gasteiger partial charge on any atom is 0.159 e. The highest BCUT2D eigenvalue weighted by atomic mass is 35.5. The third kappa shape index (κ3) is 3.59. The van der Waals surface area contributed by atoms with Crippen LogP contribution in [0, 0.1) is 0 Å². The van der Waals surface area contributed by atoms with Gasteiger partial charge in [-0.25, -0.2) is 15.0 Å². The molecule has 0 bridgehead atoms. The van der Waals surface area contributed by atoms with Crippen LogP contribution in [0.4, 0.5) is 0 Å². The molecule has 1 aliphatic rings. The number of halogens is 1. The number of hydrogen-bond acceptors (Lipinski definition) is 4. The summed E-state index contributed by atoms with van der Waals surface area (Å²) in [5.41, 5.74) is 5.61. The lowest BCUT2D eigenvalue weighted by molar-refractivity contribution is 0.233. The van der Waals surface area contributed by atoms with Crippen molar-refractivity contribution in [2.75, 3.05) is 6.54 Å². The number of imidazole rings is 1. The first kappa shape index (κ1) is 19.2. The van der Waals surface area contributed by atoms with Crippen molar-refractivity contribution in [3.8, 4) is 11.4 Å². The lowest BCUT2D eigenvalue weighted by Crippen LogP contribution is -2.32. The van der Waals surface area contributed by atoms with Crippen LogP contribution < -0.4 is 0 Å². The van der Waals surface area contributed by atoms with Crippen LogP contribution in [-0.2, 0) is 19.5 Å². The molecule has 0 amide bonds. The van der Waals surface area contributed by atoms with Gasteiger partial charge in [0.05, 0.1) is 23.3 Å². The lowest BCUT2D eigenvalue weighted by Gasteiger charge is -2.28. The maximum atomic E-state index is 6.00. The molecule has 0 unspecified atom stereocenters. The standard InChI is InChI=1S/C24H24ClN5/c1-16(2)30-22-6-4-3-5-21(22)27-23(30)15-29-12-11-20-18(14-29)13-26-24(28-20)17-7-9-19(25)10-8-17/h3-10,13,16H,11-12,14-15H2,1-2H3. The van der Waals surface area contributed by atoms with Gasteiger partial charge in [-0.1, -0.05) is 23.7 Å². The number of fused-ring (bicyclic) bond motifs is 2. The predicted molar refractivity (Wildman–Crippen MR) is 120 cm³/mol. The second-order valence-corrected chi connectivity index (χ2v) is 8.55. The van der Waals surface area contributed by atoms with E-state index in [1.165, 1.54) is 11.1 Å². The molecule has 0 saturated carbocycles. The quantitative estimate of drug-likeness (QED) is 0.453. The van der Waals surface area contributed by atoms with Gasteiger partial charge in [-0.3, -0.25) is 4.90 Å². The third-order valence-corrected chi connectivity index (χ3v) is 5.92. The zero-order valence-corrected chi connectivity index (χ0v) is 18.0. The summed E-state index contributed by atoms with van der Waals surface area (Å²) in [5, 5.41) is 0.722. The molecule has 30 heavy (non-hydrogen) atoms. The third-order valence-electron chi connectivity index (χ3n) is 5.67. The van der Waals surface area contributed by atoms with Crippen molar-refractivity contribution in [2.45, 2.75) is 39.4 Å². The van der Waals surface area contributed by atoms with Crippen molar-refractivity contribution < 1.29 is 0 Å². The average molecular weight is 418 g/mol. The second-order valence-electron chi connectivity index (χ2n) is 8.11. The van der Waals surface area contributed by atoms with Gasteiger partial charge in [0.15, 0.2) is 5.82 Å². The first-order valence-electron chi connectivity index (χ1n) is 10.4. The molecule has 0 fully saturated rings. The molecule has 2 aromatic carbocycles. The van der Waals surface area contributed by atoms with E-state index in [2.05, 4.69) is 52.6 Å². The molecular formula is C24H24ClN5. The molecule has 3 heterocycles. The largest absolute Gasteiger partial charge is 0.324 e. The average Bonchev–Trinajstić information content (AvgIpc) is 3.12. The monoisotopic (exact) mass is 417 g/mol. The minimum Gasteiger partial charge on any atom is -0.324 e. The van der Waals surface area contributed by atoms with E-state index < -0.39 is 0 Å². The van der Waals surface area contributed by atoms with E-state index in [0.29, 0.717) is 6.04 Å². The summed E-state index contributed by atoms with van der Waals surface area (Å²) in [7, 11) is 0. The molecule has 0 N–H and O–H groups in total. The lowest BCUT2D eigenvalue weighted by atomic mass is 10.1. The number of para-hydroxylation sites is 2. The normalized spacial score (nSPS) is 14.4. The van der Waals surface area contributed by atoms with Gasteiger partial charge in [-0.05, 0) is 50.2 Å². The van der Waals surface area contributed by atoms with Crippen LogP contribution in [0.3, 0.4) is 0 Å². The molecule has 0 aliphatic carbocycles. The fraction of sp³-hybridized carbons (Fsp3) is 0.292. The summed E-state index contributed by atoms with van der Waals surface area (Å²) < 4.78 is 2.35. The Labute approximate surface area is 181 Å². The number of nitrogens with zero attached hydrogens (tertiary/aromatic N) is 5. The van der Waals surface area contributed by atoms with Crippen molar-refractivity contribution in [3.05, 3.63) is 76.8 Å². The molecule has 0 saturated heterocycles. The Morgan fingerprint density at radius 2 is 1.83 bits per heavy atom. The van der Waals surface area contributed by atoms with E-state index in [1.54, 1.807) is 0 Å². The highest BCUT2D eigenvalue weighted by molar-refractivity contribution is 6.30.